The molecule has 1 heterocycles. The number of ether oxygens (including phenoxy) is 1. The maximum Gasteiger partial charge on any atom is 0.246 e. The van der Waals surface area contributed by atoms with Gasteiger partial charge in [0.15, 0.2) is 0 Å². The molecule has 1 saturated heterocycles. The van der Waals surface area contributed by atoms with E-state index in [1.165, 1.54) is 12.1 Å². The van der Waals surface area contributed by atoms with Crippen LogP contribution in [-0.2, 0) is 9.53 Å². The molecule has 1 aliphatic carbocycles. The first-order valence-corrected chi connectivity index (χ1v) is 9.43. The van der Waals surface area contributed by atoms with Gasteiger partial charge >= 0.3 is 0 Å². The number of carbonyl (C=O) groups excluding carboxylic acids is 1. The van der Waals surface area contributed by atoms with Gasteiger partial charge in [-0.15, -0.1) is 0 Å². The number of hydrogen-bond donors (Lipinski definition) is 0. The molecule has 1 atom stereocenters. The Labute approximate surface area is 163 Å². The molecule has 0 aromatic heterocycles. The van der Waals surface area contributed by atoms with Gasteiger partial charge in [-0.3, -0.25) is 4.79 Å². The number of aryl methyl sites for hydroxylation is 1. The molecule has 0 radical (unpaired) electrons. The van der Waals surface area contributed by atoms with Crippen LogP contribution in [0, 0.1) is 12.7 Å². The number of carbonyl (C=O) groups is 1. The summed E-state index contributed by atoms with van der Waals surface area (Å²) < 4.78 is 19.7. The van der Waals surface area contributed by atoms with Crippen LogP contribution in [0.25, 0.3) is 11.1 Å². The molecule has 3 nitrogen and oxygen atoms in total. The van der Waals surface area contributed by atoms with Crippen molar-refractivity contribution in [2.45, 2.75) is 31.4 Å². The monoisotopic (exact) mass is 385 g/mol. The first kappa shape index (κ1) is 18.2. The summed E-state index contributed by atoms with van der Waals surface area (Å²) in [6.45, 7) is 6.38. The number of hydrogen-bond acceptors (Lipinski definition) is 2. The van der Waals surface area contributed by atoms with Crippen LogP contribution in [-0.4, -0.2) is 29.6 Å². The lowest BCUT2D eigenvalue weighted by Gasteiger charge is -2.40. The molecule has 0 bridgehead atoms. The molecular weight excluding hydrogens is 365 g/mol. The summed E-state index contributed by atoms with van der Waals surface area (Å²) in [5.41, 5.74) is 3.08. The number of morpholine rings is 1. The van der Waals surface area contributed by atoms with Crippen LogP contribution in [0.5, 0.6) is 0 Å². The molecule has 1 saturated carbocycles. The van der Waals surface area contributed by atoms with E-state index in [4.69, 9.17) is 16.3 Å². The normalized spacial score (nSPS) is 20.6. The fraction of sp³-hybridized carbons (Fsp3) is 0.318. The Morgan fingerprint density at radius 3 is 2.74 bits per heavy atom. The Kier molecular flexibility index (Phi) is 4.57. The highest BCUT2D eigenvalue weighted by molar-refractivity contribution is 6.31. The van der Waals surface area contributed by atoms with E-state index in [9.17, 15) is 9.18 Å². The second-order valence-corrected chi connectivity index (χ2v) is 7.85. The molecule has 1 unspecified atom stereocenters. The zero-order valence-electron chi connectivity index (χ0n) is 15.2. The van der Waals surface area contributed by atoms with E-state index in [1.54, 1.807) is 19.1 Å². The Balaban J connectivity index is 1.72. The molecular formula is C22H21ClFNO2. The number of nitrogens with zero attached hydrogens (tertiary/aromatic N) is 1. The van der Waals surface area contributed by atoms with Crippen LogP contribution in [0.4, 0.5) is 4.39 Å². The Morgan fingerprint density at radius 2 is 2.07 bits per heavy atom. The molecule has 4 rings (SSSR count). The highest BCUT2D eigenvalue weighted by Gasteiger charge is 2.50. The minimum Gasteiger partial charge on any atom is -0.371 e. The summed E-state index contributed by atoms with van der Waals surface area (Å²) in [4.78, 5) is 14.3. The van der Waals surface area contributed by atoms with Gasteiger partial charge in [-0.05, 0) is 78.4 Å². The van der Waals surface area contributed by atoms with Crippen LogP contribution in [0.3, 0.4) is 0 Å². The lowest BCUT2D eigenvalue weighted by molar-refractivity contribution is -0.143. The van der Waals surface area contributed by atoms with E-state index in [-0.39, 0.29) is 23.4 Å². The van der Waals surface area contributed by atoms with Crippen molar-refractivity contribution in [2.24, 2.45) is 0 Å². The van der Waals surface area contributed by atoms with Crippen molar-refractivity contribution < 1.29 is 13.9 Å². The average Bonchev–Trinajstić information content (AvgIpc) is 3.41. The van der Waals surface area contributed by atoms with Crippen molar-refractivity contribution in [2.75, 3.05) is 13.2 Å². The summed E-state index contributed by atoms with van der Waals surface area (Å²) >= 11 is 6.38. The van der Waals surface area contributed by atoms with E-state index in [2.05, 4.69) is 6.58 Å². The smallest absolute Gasteiger partial charge is 0.246 e. The molecule has 2 aliphatic rings. The Hall–Kier alpha value is -2.17. The molecule has 1 aliphatic heterocycles. The van der Waals surface area contributed by atoms with E-state index < -0.39 is 0 Å². The van der Waals surface area contributed by atoms with Crippen molar-refractivity contribution in [3.63, 3.8) is 0 Å². The Bertz CT molecular complexity index is 923. The quantitative estimate of drug-likeness (QED) is 0.690. The first-order valence-electron chi connectivity index (χ1n) is 9.05. The minimum absolute atomic E-state index is 0.103. The van der Waals surface area contributed by atoms with Gasteiger partial charge in [-0.25, -0.2) is 4.39 Å². The molecule has 27 heavy (non-hydrogen) atoms. The van der Waals surface area contributed by atoms with Gasteiger partial charge in [0.2, 0.25) is 5.91 Å². The van der Waals surface area contributed by atoms with Gasteiger partial charge in [0.05, 0.1) is 24.8 Å². The topological polar surface area (TPSA) is 29.5 Å². The van der Waals surface area contributed by atoms with Gasteiger partial charge in [-0.2, -0.15) is 0 Å². The molecule has 1 amide bonds. The zero-order chi connectivity index (χ0) is 19.2. The molecule has 2 fully saturated rings. The SMILES string of the molecule is C=CC(=O)N1CC2(CC2)OCC1c1cc(Cl)cc(-c2ccc(F)c(C)c2)c1. The highest BCUT2D eigenvalue weighted by atomic mass is 35.5. The van der Waals surface area contributed by atoms with Crippen LogP contribution in [0.2, 0.25) is 5.02 Å². The molecule has 2 aromatic carbocycles. The van der Waals surface area contributed by atoms with Gasteiger partial charge in [0.1, 0.15) is 5.82 Å². The predicted octanol–water partition coefficient (Wildman–Crippen LogP) is 5.07. The third kappa shape index (κ3) is 3.52. The highest BCUT2D eigenvalue weighted by Crippen LogP contribution is 2.46. The first-order chi connectivity index (χ1) is 12.9. The average molecular weight is 386 g/mol. The van der Waals surface area contributed by atoms with E-state index in [0.717, 1.165) is 29.5 Å². The lowest BCUT2D eigenvalue weighted by atomic mass is 9.96. The maximum atomic E-state index is 13.6. The van der Waals surface area contributed by atoms with Crippen LogP contribution < -0.4 is 0 Å². The largest absolute Gasteiger partial charge is 0.371 e. The van der Waals surface area contributed by atoms with Crippen molar-refractivity contribution in [3.8, 4) is 11.1 Å². The van der Waals surface area contributed by atoms with Gasteiger partial charge in [0, 0.05) is 5.02 Å². The molecule has 2 aromatic rings. The molecule has 1 spiro atoms. The standard InChI is InChI=1S/C22H21ClFNO2/c1-3-21(26)25-13-22(6-7-22)27-12-20(25)17-9-16(10-18(23)11-17)15-4-5-19(24)14(2)8-15/h3-5,8-11,20H,1,6-7,12-13H2,2H3. The fourth-order valence-electron chi connectivity index (χ4n) is 3.67. The van der Waals surface area contributed by atoms with Gasteiger partial charge in [-0.1, -0.05) is 24.2 Å². The molecule has 0 N–H and O–H groups in total. The summed E-state index contributed by atoms with van der Waals surface area (Å²) in [7, 11) is 0. The number of halogens is 2. The second-order valence-electron chi connectivity index (χ2n) is 7.42. The fourth-order valence-corrected chi connectivity index (χ4v) is 3.92. The summed E-state index contributed by atoms with van der Waals surface area (Å²) in [6, 6.07) is 10.5. The summed E-state index contributed by atoms with van der Waals surface area (Å²) in [5.74, 6) is -0.340. The molecule has 140 valence electrons. The lowest BCUT2D eigenvalue weighted by Crippen LogP contribution is -2.48. The van der Waals surface area contributed by atoms with Gasteiger partial charge in [0.25, 0.3) is 0 Å². The summed E-state index contributed by atoms with van der Waals surface area (Å²) in [6.07, 6.45) is 3.32. The third-order valence-electron chi connectivity index (χ3n) is 5.44. The van der Waals surface area contributed by atoms with Gasteiger partial charge < -0.3 is 9.64 Å². The van der Waals surface area contributed by atoms with Crippen molar-refractivity contribution >= 4 is 17.5 Å². The number of benzene rings is 2. The molecule has 5 heteroatoms. The van der Waals surface area contributed by atoms with Crippen molar-refractivity contribution in [3.05, 3.63) is 71.0 Å². The zero-order valence-corrected chi connectivity index (χ0v) is 15.9. The maximum absolute atomic E-state index is 13.6. The minimum atomic E-state index is -0.237. The number of rotatable bonds is 3. The van der Waals surface area contributed by atoms with Crippen molar-refractivity contribution in [1.29, 1.82) is 0 Å². The Morgan fingerprint density at radius 1 is 1.30 bits per heavy atom. The number of amides is 1. The third-order valence-corrected chi connectivity index (χ3v) is 5.66. The van der Waals surface area contributed by atoms with E-state index >= 15 is 0 Å². The van der Waals surface area contributed by atoms with Crippen LogP contribution in [0.15, 0.2) is 49.1 Å². The summed E-state index contributed by atoms with van der Waals surface area (Å²) in [5, 5.41) is 0.571. The predicted molar refractivity (Wildman–Crippen MR) is 104 cm³/mol. The van der Waals surface area contributed by atoms with Crippen LogP contribution in [0.1, 0.15) is 30.0 Å². The van der Waals surface area contributed by atoms with E-state index in [0.29, 0.717) is 23.7 Å². The second kappa shape index (κ2) is 6.77. The van der Waals surface area contributed by atoms with E-state index in [1.807, 2.05) is 23.1 Å². The van der Waals surface area contributed by atoms with Crippen LogP contribution >= 0.6 is 11.6 Å². The van der Waals surface area contributed by atoms with Crippen molar-refractivity contribution in [1.82, 2.24) is 4.90 Å².